The maximum atomic E-state index is 5.11. The van der Waals surface area contributed by atoms with Crippen molar-refractivity contribution in [3.8, 4) is 0 Å². The van der Waals surface area contributed by atoms with Crippen molar-refractivity contribution in [1.82, 2.24) is 0 Å². The van der Waals surface area contributed by atoms with Crippen molar-refractivity contribution >= 4 is 40.5 Å². The first kappa shape index (κ1) is 13.9. The molecule has 0 aliphatic rings. The Balaban J connectivity index is 0.00000196. The van der Waals surface area contributed by atoms with E-state index in [1.165, 1.54) is 0 Å². The third-order valence-electron chi connectivity index (χ3n) is 1.52. The SMILES string of the molecule is Cl.NC(N)=NN=CCc1ccccc1Br. The Hall–Kier alpha value is -1.07. The molecule has 0 bridgehead atoms. The van der Waals surface area contributed by atoms with Crippen molar-refractivity contribution in [2.45, 2.75) is 6.42 Å². The zero-order valence-corrected chi connectivity index (χ0v) is 10.3. The number of guanidine groups is 1. The molecule has 6 heteroatoms. The smallest absolute Gasteiger partial charge is 0.211 e. The number of halogens is 2. The molecule has 0 saturated heterocycles. The van der Waals surface area contributed by atoms with Gasteiger partial charge in [-0.3, -0.25) is 0 Å². The van der Waals surface area contributed by atoms with E-state index in [-0.39, 0.29) is 18.4 Å². The van der Waals surface area contributed by atoms with Gasteiger partial charge in [0.1, 0.15) is 0 Å². The second-order valence-electron chi connectivity index (χ2n) is 2.62. The number of nitrogens with two attached hydrogens (primary N) is 2. The second kappa shape index (κ2) is 7.25. The predicted octanol–water partition coefficient (Wildman–Crippen LogP) is 1.67. The lowest BCUT2D eigenvalue weighted by Crippen LogP contribution is -2.21. The van der Waals surface area contributed by atoms with Crippen molar-refractivity contribution in [1.29, 1.82) is 0 Å². The van der Waals surface area contributed by atoms with Gasteiger partial charge in [-0.15, -0.1) is 17.5 Å². The van der Waals surface area contributed by atoms with Gasteiger partial charge in [-0.25, -0.2) is 0 Å². The Kier molecular flexibility index (Phi) is 6.73. The number of nitrogens with zero attached hydrogens (tertiary/aromatic N) is 2. The number of benzene rings is 1. The van der Waals surface area contributed by atoms with E-state index in [1.807, 2.05) is 24.3 Å². The van der Waals surface area contributed by atoms with E-state index in [0.29, 0.717) is 6.42 Å². The molecule has 1 aromatic rings. The molecule has 0 aliphatic heterocycles. The van der Waals surface area contributed by atoms with Gasteiger partial charge in [0.25, 0.3) is 0 Å². The van der Waals surface area contributed by atoms with Crippen molar-refractivity contribution < 1.29 is 0 Å². The van der Waals surface area contributed by atoms with Crippen LogP contribution in [0.2, 0.25) is 0 Å². The molecule has 82 valence electrons. The molecule has 0 heterocycles. The fourth-order valence-electron chi connectivity index (χ4n) is 0.911. The van der Waals surface area contributed by atoms with Gasteiger partial charge in [0.05, 0.1) is 0 Å². The van der Waals surface area contributed by atoms with Crippen LogP contribution < -0.4 is 11.5 Å². The third-order valence-corrected chi connectivity index (χ3v) is 2.30. The summed E-state index contributed by atoms with van der Waals surface area (Å²) in [7, 11) is 0. The molecule has 0 saturated carbocycles. The first-order chi connectivity index (χ1) is 6.70. The number of rotatable bonds is 3. The van der Waals surface area contributed by atoms with Crippen molar-refractivity contribution in [3.05, 3.63) is 34.3 Å². The summed E-state index contributed by atoms with van der Waals surface area (Å²) in [6.45, 7) is 0. The van der Waals surface area contributed by atoms with E-state index in [2.05, 4.69) is 26.1 Å². The van der Waals surface area contributed by atoms with Gasteiger partial charge in [0.2, 0.25) is 5.96 Å². The standard InChI is InChI=1S/C9H11BrN4.ClH/c10-8-4-2-1-3-7(8)5-6-13-14-9(11)12;/h1-4,6H,5H2,(H4,11,12,14);1H. The fourth-order valence-corrected chi connectivity index (χ4v) is 1.36. The van der Waals surface area contributed by atoms with E-state index < -0.39 is 0 Å². The van der Waals surface area contributed by atoms with E-state index >= 15 is 0 Å². The summed E-state index contributed by atoms with van der Waals surface area (Å²) >= 11 is 3.43. The molecule has 0 radical (unpaired) electrons. The third kappa shape index (κ3) is 5.39. The van der Waals surface area contributed by atoms with Gasteiger partial charge in [0, 0.05) is 17.1 Å². The van der Waals surface area contributed by atoms with Crippen LogP contribution in [0.4, 0.5) is 0 Å². The first-order valence-electron chi connectivity index (χ1n) is 4.04. The predicted molar refractivity (Wildman–Crippen MR) is 69.4 cm³/mol. The maximum Gasteiger partial charge on any atom is 0.211 e. The largest absolute Gasteiger partial charge is 0.369 e. The summed E-state index contributed by atoms with van der Waals surface area (Å²) in [5, 5.41) is 7.20. The normalized spacial score (nSPS) is 9.67. The minimum Gasteiger partial charge on any atom is -0.369 e. The van der Waals surface area contributed by atoms with Crippen LogP contribution in [0.5, 0.6) is 0 Å². The van der Waals surface area contributed by atoms with E-state index in [4.69, 9.17) is 11.5 Å². The highest BCUT2D eigenvalue weighted by atomic mass is 79.9. The highest BCUT2D eigenvalue weighted by molar-refractivity contribution is 9.10. The molecule has 0 spiro atoms. The van der Waals surface area contributed by atoms with Crippen LogP contribution in [0.3, 0.4) is 0 Å². The topological polar surface area (TPSA) is 76.8 Å². The molecule has 0 atom stereocenters. The average molecular weight is 292 g/mol. The van der Waals surface area contributed by atoms with Crippen molar-refractivity contribution in [2.24, 2.45) is 21.7 Å². The summed E-state index contributed by atoms with van der Waals surface area (Å²) in [6.07, 6.45) is 2.35. The van der Waals surface area contributed by atoms with Crippen LogP contribution in [-0.2, 0) is 6.42 Å². The first-order valence-corrected chi connectivity index (χ1v) is 4.83. The Bertz CT molecular complexity index is 361. The summed E-state index contributed by atoms with van der Waals surface area (Å²) in [6, 6.07) is 7.91. The zero-order chi connectivity index (χ0) is 10.4. The molecule has 0 fully saturated rings. The zero-order valence-electron chi connectivity index (χ0n) is 7.93. The van der Waals surface area contributed by atoms with Gasteiger partial charge in [-0.1, -0.05) is 34.1 Å². The van der Waals surface area contributed by atoms with E-state index in [1.54, 1.807) is 6.21 Å². The lowest BCUT2D eigenvalue weighted by molar-refractivity contribution is 1.19. The van der Waals surface area contributed by atoms with Gasteiger partial charge in [-0.05, 0) is 11.6 Å². The van der Waals surface area contributed by atoms with E-state index in [0.717, 1.165) is 10.0 Å². The molecule has 0 unspecified atom stereocenters. The summed E-state index contributed by atoms with van der Waals surface area (Å²) < 4.78 is 1.05. The monoisotopic (exact) mass is 290 g/mol. The Morgan fingerprint density at radius 2 is 2.00 bits per heavy atom. The molecular formula is C9H12BrClN4. The summed E-state index contributed by atoms with van der Waals surface area (Å²) in [5.41, 5.74) is 11.4. The maximum absolute atomic E-state index is 5.11. The molecule has 15 heavy (non-hydrogen) atoms. The van der Waals surface area contributed by atoms with Gasteiger partial charge >= 0.3 is 0 Å². The quantitative estimate of drug-likeness (QED) is 0.505. The highest BCUT2D eigenvalue weighted by Gasteiger charge is 1.94. The minimum absolute atomic E-state index is 0. The summed E-state index contributed by atoms with van der Waals surface area (Å²) in [4.78, 5) is 0. The molecule has 1 aromatic carbocycles. The van der Waals surface area contributed by atoms with Gasteiger partial charge in [0.15, 0.2) is 0 Å². The summed E-state index contributed by atoms with van der Waals surface area (Å²) in [5.74, 6) is -0.0339. The Labute approximate surface area is 103 Å². The van der Waals surface area contributed by atoms with Crippen LogP contribution in [0.15, 0.2) is 38.9 Å². The second-order valence-corrected chi connectivity index (χ2v) is 3.47. The van der Waals surface area contributed by atoms with Crippen molar-refractivity contribution in [3.63, 3.8) is 0 Å². The van der Waals surface area contributed by atoms with Crippen LogP contribution in [0.1, 0.15) is 5.56 Å². The average Bonchev–Trinajstić information content (AvgIpc) is 2.15. The molecular weight excluding hydrogens is 279 g/mol. The molecule has 0 aromatic heterocycles. The molecule has 4 nitrogen and oxygen atoms in total. The van der Waals surface area contributed by atoms with Gasteiger partial charge < -0.3 is 11.5 Å². The lowest BCUT2D eigenvalue weighted by Gasteiger charge is -1.97. The number of hydrogen-bond acceptors (Lipinski definition) is 2. The van der Waals surface area contributed by atoms with Crippen LogP contribution in [0.25, 0.3) is 0 Å². The highest BCUT2D eigenvalue weighted by Crippen LogP contribution is 2.15. The Morgan fingerprint density at radius 1 is 1.33 bits per heavy atom. The molecule has 0 amide bonds. The van der Waals surface area contributed by atoms with Crippen LogP contribution >= 0.6 is 28.3 Å². The van der Waals surface area contributed by atoms with Crippen LogP contribution in [-0.4, -0.2) is 12.2 Å². The number of hydrogen-bond donors (Lipinski definition) is 2. The Morgan fingerprint density at radius 3 is 2.60 bits per heavy atom. The molecule has 4 N–H and O–H groups in total. The van der Waals surface area contributed by atoms with Gasteiger partial charge in [-0.2, -0.15) is 5.10 Å². The molecule has 0 aliphatic carbocycles. The van der Waals surface area contributed by atoms with Crippen molar-refractivity contribution in [2.75, 3.05) is 0 Å². The molecule has 1 rings (SSSR count). The fraction of sp³-hybridized carbons (Fsp3) is 0.111. The minimum atomic E-state index is -0.0339. The van der Waals surface area contributed by atoms with E-state index in [9.17, 15) is 0 Å². The lowest BCUT2D eigenvalue weighted by atomic mass is 10.2. The van der Waals surface area contributed by atoms with Crippen LogP contribution in [0, 0.1) is 0 Å².